The van der Waals surface area contributed by atoms with Crippen LogP contribution in [0.1, 0.15) is 0 Å². The zero-order valence-electron chi connectivity index (χ0n) is 14.9. The van der Waals surface area contributed by atoms with E-state index in [4.69, 9.17) is 23.2 Å². The summed E-state index contributed by atoms with van der Waals surface area (Å²) in [5, 5.41) is -10.5. The Labute approximate surface area is 191 Å². The van der Waals surface area contributed by atoms with Crippen molar-refractivity contribution in [2.24, 2.45) is 0 Å². The molecule has 0 aliphatic rings. The van der Waals surface area contributed by atoms with Crippen molar-refractivity contribution >= 4 is 56.2 Å². The van der Waals surface area contributed by atoms with E-state index in [-0.39, 0.29) is 10.0 Å². The minimum atomic E-state index is -5.78. The van der Waals surface area contributed by atoms with Gasteiger partial charge in [-0.2, -0.15) is 17.6 Å². The summed E-state index contributed by atoms with van der Waals surface area (Å²) in [6.45, 7) is 0. The summed E-state index contributed by atoms with van der Waals surface area (Å²) in [4.78, 5) is -2.94. The van der Waals surface area contributed by atoms with E-state index >= 15 is 0 Å². The lowest BCUT2D eigenvalue weighted by molar-refractivity contribution is -0.163. The molecule has 0 aromatic heterocycles. The van der Waals surface area contributed by atoms with Crippen LogP contribution in [0, 0.1) is 0 Å². The Kier molecular flexibility index (Phi) is 7.95. The van der Waals surface area contributed by atoms with Crippen LogP contribution in [0.3, 0.4) is 0 Å². The molecule has 16 heteroatoms. The summed E-state index contributed by atoms with van der Waals surface area (Å²) in [6, 6.07) is 5.53. The Morgan fingerprint density at radius 3 is 0.969 bits per heavy atom. The molecule has 0 saturated heterocycles. The Balaban J connectivity index is 2.35. The highest BCUT2D eigenvalue weighted by Gasteiger charge is 2.59. The van der Waals surface area contributed by atoms with Gasteiger partial charge in [0.05, 0.1) is 11.4 Å². The standard InChI is InChI=1S/C16H8Cl2F10N2S2/c17-9-1-5-11(6-2-9)29(13(19,20)21)15(25,26)31-32-16(27,28)30(14(22,23)24)12-7-3-10(18)4-8-12/h1-8H. The molecule has 2 aromatic rings. The number of hydrogen-bond acceptors (Lipinski definition) is 4. The predicted molar refractivity (Wildman–Crippen MR) is 105 cm³/mol. The molecule has 2 aromatic carbocycles. The summed E-state index contributed by atoms with van der Waals surface area (Å²) < 4.78 is 137. The van der Waals surface area contributed by atoms with Crippen LogP contribution in [-0.4, -0.2) is 23.4 Å². The predicted octanol–water partition coefficient (Wildman–Crippen LogP) is 8.83. The van der Waals surface area contributed by atoms with Crippen molar-refractivity contribution in [3.05, 3.63) is 58.6 Å². The molecule has 0 radical (unpaired) electrons. The van der Waals surface area contributed by atoms with Crippen molar-refractivity contribution in [2.75, 3.05) is 9.80 Å². The van der Waals surface area contributed by atoms with Gasteiger partial charge in [-0.3, -0.25) is 0 Å². The van der Waals surface area contributed by atoms with E-state index in [1.54, 1.807) is 0 Å². The van der Waals surface area contributed by atoms with Crippen molar-refractivity contribution in [3.8, 4) is 0 Å². The van der Waals surface area contributed by atoms with E-state index in [1.165, 1.54) is 0 Å². The third-order valence-electron chi connectivity index (χ3n) is 3.44. The zero-order valence-corrected chi connectivity index (χ0v) is 18.0. The number of alkyl halides is 10. The summed E-state index contributed by atoms with van der Waals surface area (Å²) in [7, 11) is -2.80. The smallest absolute Gasteiger partial charge is 0.213 e. The fourth-order valence-corrected chi connectivity index (χ4v) is 4.31. The van der Waals surface area contributed by atoms with Gasteiger partial charge in [-0.1, -0.05) is 23.2 Å². The maximum absolute atomic E-state index is 14.4. The van der Waals surface area contributed by atoms with Crippen LogP contribution < -0.4 is 9.80 Å². The number of anilines is 2. The van der Waals surface area contributed by atoms with E-state index in [0.717, 1.165) is 24.3 Å². The first-order valence-corrected chi connectivity index (χ1v) is 10.7. The van der Waals surface area contributed by atoms with Gasteiger partial charge in [0.15, 0.2) is 0 Å². The monoisotopic (exact) mass is 552 g/mol. The molecule has 0 unspecified atom stereocenters. The van der Waals surface area contributed by atoms with E-state index in [1.807, 2.05) is 0 Å². The Bertz CT molecular complexity index is 830. The first kappa shape index (κ1) is 26.9. The van der Waals surface area contributed by atoms with Gasteiger partial charge < -0.3 is 0 Å². The molecule has 2 rings (SSSR count). The molecular formula is C16H8Cl2F10N2S2. The molecule has 0 amide bonds. The second kappa shape index (κ2) is 9.47. The molecule has 0 N–H and O–H groups in total. The van der Waals surface area contributed by atoms with Gasteiger partial charge in [-0.15, -0.1) is 26.3 Å². The van der Waals surface area contributed by atoms with Crippen LogP contribution in [0.15, 0.2) is 48.5 Å². The minimum Gasteiger partial charge on any atom is -0.213 e. The Hall–Kier alpha value is -1.38. The maximum atomic E-state index is 14.4. The quantitative estimate of drug-likeness (QED) is 0.146. The molecule has 0 aliphatic carbocycles. The summed E-state index contributed by atoms with van der Waals surface area (Å²) >= 11 is 11.0. The molecular weight excluding hydrogens is 545 g/mol. The van der Waals surface area contributed by atoms with Gasteiger partial charge in [-0.25, -0.2) is 9.80 Å². The number of nitrogens with zero attached hydrogens (tertiary/aromatic N) is 2. The molecule has 0 atom stereocenters. The SMILES string of the molecule is FC(F)(F)N(c1ccc(Cl)cc1)C(F)(F)SSC(F)(F)N(c1ccc(Cl)cc1)C(F)(F)F. The fourth-order valence-electron chi connectivity index (χ4n) is 2.24. The lowest BCUT2D eigenvalue weighted by Crippen LogP contribution is -2.51. The first-order chi connectivity index (χ1) is 14.4. The molecule has 0 bridgehead atoms. The van der Waals surface area contributed by atoms with Crippen LogP contribution in [0.25, 0.3) is 0 Å². The highest BCUT2D eigenvalue weighted by atomic mass is 35.5. The van der Waals surface area contributed by atoms with E-state index < -0.39 is 66.1 Å². The second-order valence-corrected chi connectivity index (χ2v) is 8.89. The topological polar surface area (TPSA) is 6.48 Å². The second-order valence-electron chi connectivity index (χ2n) is 5.70. The van der Waals surface area contributed by atoms with Gasteiger partial charge in [0.1, 0.15) is 0 Å². The van der Waals surface area contributed by atoms with Crippen molar-refractivity contribution in [1.82, 2.24) is 0 Å². The third-order valence-corrected chi connectivity index (χ3v) is 6.25. The Morgan fingerprint density at radius 2 is 0.750 bits per heavy atom. The summed E-state index contributed by atoms with van der Waals surface area (Å²) in [5.74, 6) is 0. The molecule has 0 spiro atoms. The summed E-state index contributed by atoms with van der Waals surface area (Å²) in [6.07, 6.45) is -11.6. The van der Waals surface area contributed by atoms with E-state index in [2.05, 4.69) is 0 Å². The average molecular weight is 553 g/mol. The van der Waals surface area contributed by atoms with Crippen LogP contribution in [0.4, 0.5) is 55.3 Å². The van der Waals surface area contributed by atoms with Crippen molar-refractivity contribution in [3.63, 3.8) is 0 Å². The fraction of sp³-hybridized carbons (Fsp3) is 0.250. The number of benzene rings is 2. The molecule has 0 aliphatic heterocycles. The molecule has 2 nitrogen and oxygen atoms in total. The third kappa shape index (κ3) is 6.58. The van der Waals surface area contributed by atoms with Crippen LogP contribution in [-0.2, 0) is 0 Å². The molecule has 0 heterocycles. The van der Waals surface area contributed by atoms with Crippen molar-refractivity contribution in [2.45, 2.75) is 23.4 Å². The lowest BCUT2D eigenvalue weighted by Gasteiger charge is -2.36. The molecule has 0 saturated carbocycles. The lowest BCUT2D eigenvalue weighted by atomic mass is 10.3. The zero-order chi connectivity index (χ0) is 24.5. The van der Waals surface area contributed by atoms with E-state index in [0.29, 0.717) is 24.3 Å². The van der Waals surface area contributed by atoms with Crippen molar-refractivity contribution < 1.29 is 43.9 Å². The highest BCUT2D eigenvalue weighted by molar-refractivity contribution is 8.77. The van der Waals surface area contributed by atoms with Crippen LogP contribution in [0.5, 0.6) is 0 Å². The van der Waals surface area contributed by atoms with Crippen LogP contribution >= 0.6 is 44.8 Å². The van der Waals surface area contributed by atoms with Gasteiger partial charge in [0, 0.05) is 31.6 Å². The van der Waals surface area contributed by atoms with Crippen LogP contribution in [0.2, 0.25) is 10.0 Å². The number of hydrogen-bond donors (Lipinski definition) is 0. The molecule has 32 heavy (non-hydrogen) atoms. The highest BCUT2D eigenvalue weighted by Crippen LogP contribution is 2.55. The largest absolute Gasteiger partial charge is 0.490 e. The summed E-state index contributed by atoms with van der Waals surface area (Å²) in [5.41, 5.74) is -2.35. The van der Waals surface area contributed by atoms with Gasteiger partial charge in [0.2, 0.25) is 0 Å². The minimum absolute atomic E-state index is 0.100. The van der Waals surface area contributed by atoms with E-state index in [9.17, 15) is 43.9 Å². The number of halogens is 12. The van der Waals surface area contributed by atoms with Gasteiger partial charge >= 0.3 is 23.4 Å². The molecule has 178 valence electrons. The molecule has 0 fully saturated rings. The number of rotatable bonds is 7. The van der Waals surface area contributed by atoms with Crippen molar-refractivity contribution in [1.29, 1.82) is 0 Å². The van der Waals surface area contributed by atoms with Gasteiger partial charge in [0.25, 0.3) is 0 Å². The van der Waals surface area contributed by atoms with Gasteiger partial charge in [-0.05, 0) is 48.5 Å². The Morgan fingerprint density at radius 1 is 0.500 bits per heavy atom. The maximum Gasteiger partial charge on any atom is 0.490 e. The normalized spacial score (nSPS) is 13.2. The first-order valence-electron chi connectivity index (χ1n) is 7.83. The average Bonchev–Trinajstić information content (AvgIpc) is 2.61.